The van der Waals surface area contributed by atoms with Crippen LogP contribution < -0.4 is 31.3 Å². The highest BCUT2D eigenvalue weighted by molar-refractivity contribution is 5.99. The molecule has 3 aromatic carbocycles. The summed E-state index contributed by atoms with van der Waals surface area (Å²) >= 11 is 0. The number of rotatable bonds is 10. The molecule has 1 saturated heterocycles. The predicted molar refractivity (Wildman–Crippen MR) is 236 cm³/mol. The van der Waals surface area contributed by atoms with Gasteiger partial charge in [-0.1, -0.05) is 64.1 Å². The maximum atomic E-state index is 14.5. The lowest BCUT2D eigenvalue weighted by atomic mass is 9.99. The maximum absolute atomic E-state index is 14.5. The van der Waals surface area contributed by atoms with Gasteiger partial charge < -0.3 is 41.2 Å². The normalized spacial score (nSPS) is 20.9. The number of para-hydroxylation sites is 1. The SMILES string of the molecule is COc1ccc(C[C@@H]2NC(=O)[C@H](CC(C)C)NC(=O)[C@@H](Cc3c[nH]c4ccccc34)NC(=O)CN(C(=O)c3cccc(-n4cnnc4)c3)C[C@H](C(C)C)NC(=O)[C@@H](C)NC2=O)cc1. The summed E-state index contributed by atoms with van der Waals surface area (Å²) in [6.07, 6.45) is 5.06. The summed E-state index contributed by atoms with van der Waals surface area (Å²) in [7, 11) is 1.54. The van der Waals surface area contributed by atoms with Crippen LogP contribution in [0, 0.1) is 11.8 Å². The van der Waals surface area contributed by atoms with Crippen molar-refractivity contribution in [1.82, 2.24) is 51.2 Å². The minimum absolute atomic E-state index is 0.0393. The van der Waals surface area contributed by atoms with Gasteiger partial charge in [0.05, 0.1) is 13.7 Å². The molecule has 17 heteroatoms. The Morgan fingerprint density at radius 1 is 0.762 bits per heavy atom. The van der Waals surface area contributed by atoms with Crippen molar-refractivity contribution in [2.75, 3.05) is 20.2 Å². The van der Waals surface area contributed by atoms with E-state index in [1.165, 1.54) is 24.5 Å². The summed E-state index contributed by atoms with van der Waals surface area (Å²) in [6.45, 7) is 8.47. The topological polar surface area (TPSA) is 222 Å². The van der Waals surface area contributed by atoms with Gasteiger partial charge in [0.1, 0.15) is 42.6 Å². The minimum Gasteiger partial charge on any atom is -0.497 e. The number of hydrogen-bond donors (Lipinski definition) is 6. The number of ether oxygens (including phenoxy) is 1. The molecule has 0 spiro atoms. The van der Waals surface area contributed by atoms with Gasteiger partial charge in [0.2, 0.25) is 29.5 Å². The van der Waals surface area contributed by atoms with Crippen molar-refractivity contribution in [2.45, 2.75) is 84.1 Å². The molecule has 1 aliphatic heterocycles. The summed E-state index contributed by atoms with van der Waals surface area (Å²) in [4.78, 5) is 90.1. The molecule has 0 saturated carbocycles. The Morgan fingerprint density at radius 2 is 1.43 bits per heavy atom. The van der Waals surface area contributed by atoms with E-state index in [9.17, 15) is 28.8 Å². The Kier molecular flexibility index (Phi) is 14.9. The first-order chi connectivity index (χ1) is 30.2. The monoisotopic (exact) mass is 860 g/mol. The number of aromatic nitrogens is 4. The highest BCUT2D eigenvalue weighted by Crippen LogP contribution is 2.21. The van der Waals surface area contributed by atoms with Crippen LogP contribution >= 0.6 is 0 Å². The lowest BCUT2D eigenvalue weighted by molar-refractivity contribution is -0.135. The zero-order valence-electron chi connectivity index (χ0n) is 36.4. The molecule has 0 bridgehead atoms. The molecular weight excluding hydrogens is 805 g/mol. The zero-order valence-corrected chi connectivity index (χ0v) is 36.4. The van der Waals surface area contributed by atoms with Gasteiger partial charge in [0, 0.05) is 53.8 Å². The third kappa shape index (κ3) is 11.9. The number of hydrogen-bond acceptors (Lipinski definition) is 9. The quantitative estimate of drug-likeness (QED) is 0.121. The number of amides is 6. The Hall–Kier alpha value is -7.04. The molecule has 63 heavy (non-hydrogen) atoms. The number of fused-ring (bicyclic) bond motifs is 1. The third-order valence-electron chi connectivity index (χ3n) is 11.1. The Balaban J connectivity index is 1.39. The second-order valence-electron chi connectivity index (χ2n) is 16.7. The van der Waals surface area contributed by atoms with E-state index in [2.05, 4.69) is 41.8 Å². The Bertz CT molecular complexity index is 2400. The molecule has 5 aromatic rings. The number of methoxy groups -OCH3 is 1. The van der Waals surface area contributed by atoms with Gasteiger partial charge in [-0.05, 0) is 72.7 Å². The number of nitrogens with one attached hydrogen (secondary N) is 6. The summed E-state index contributed by atoms with van der Waals surface area (Å²) in [5.74, 6) is -3.27. The molecule has 6 N–H and O–H groups in total. The number of aromatic amines is 1. The predicted octanol–water partition coefficient (Wildman–Crippen LogP) is 2.84. The summed E-state index contributed by atoms with van der Waals surface area (Å²) < 4.78 is 6.94. The molecule has 2 aromatic heterocycles. The van der Waals surface area contributed by atoms with E-state index in [1.807, 2.05) is 52.0 Å². The summed E-state index contributed by atoms with van der Waals surface area (Å²) in [5, 5.41) is 22.9. The molecule has 0 radical (unpaired) electrons. The van der Waals surface area contributed by atoms with Crippen LogP contribution in [0.5, 0.6) is 5.75 Å². The molecule has 5 atom stereocenters. The van der Waals surface area contributed by atoms with E-state index < -0.39 is 72.2 Å². The van der Waals surface area contributed by atoms with Crippen molar-refractivity contribution < 1.29 is 33.5 Å². The van der Waals surface area contributed by atoms with Crippen molar-refractivity contribution in [2.24, 2.45) is 11.8 Å². The molecule has 3 heterocycles. The van der Waals surface area contributed by atoms with Gasteiger partial charge >= 0.3 is 0 Å². The second kappa shape index (κ2) is 20.7. The highest BCUT2D eigenvalue weighted by atomic mass is 16.5. The molecular formula is C46H56N10O7. The minimum atomic E-state index is -1.20. The first-order valence-electron chi connectivity index (χ1n) is 21.1. The number of carbonyl (C=O) groups excluding carboxylic acids is 6. The smallest absolute Gasteiger partial charge is 0.254 e. The largest absolute Gasteiger partial charge is 0.497 e. The van der Waals surface area contributed by atoms with Gasteiger partial charge in [0.25, 0.3) is 5.91 Å². The van der Waals surface area contributed by atoms with E-state index in [0.717, 1.165) is 16.5 Å². The van der Waals surface area contributed by atoms with Crippen molar-refractivity contribution in [3.05, 3.63) is 108 Å². The maximum Gasteiger partial charge on any atom is 0.254 e. The van der Waals surface area contributed by atoms with E-state index in [0.29, 0.717) is 17.0 Å². The van der Waals surface area contributed by atoms with Crippen LogP contribution in [-0.4, -0.2) is 110 Å². The summed E-state index contributed by atoms with van der Waals surface area (Å²) in [6, 6.07) is 16.1. The molecule has 0 unspecified atom stereocenters. The molecule has 0 aliphatic carbocycles. The fourth-order valence-electron chi connectivity index (χ4n) is 7.48. The molecule has 17 nitrogen and oxygen atoms in total. The van der Waals surface area contributed by atoms with Gasteiger partial charge in [-0.15, -0.1) is 10.2 Å². The van der Waals surface area contributed by atoms with Crippen molar-refractivity contribution in [1.29, 1.82) is 0 Å². The van der Waals surface area contributed by atoms with Crippen molar-refractivity contribution in [3.8, 4) is 11.4 Å². The number of nitrogens with zero attached hydrogens (tertiary/aromatic N) is 4. The first kappa shape index (κ1) is 45.5. The molecule has 6 rings (SSSR count). The van der Waals surface area contributed by atoms with Crippen LogP contribution in [0.25, 0.3) is 16.6 Å². The van der Waals surface area contributed by atoms with Crippen LogP contribution in [0.15, 0.2) is 91.6 Å². The third-order valence-corrected chi connectivity index (χ3v) is 11.1. The van der Waals surface area contributed by atoms with Crippen molar-refractivity contribution >= 4 is 46.3 Å². The fraction of sp³-hybridized carbons (Fsp3) is 0.391. The van der Waals surface area contributed by atoms with Crippen LogP contribution in [0.2, 0.25) is 0 Å². The van der Waals surface area contributed by atoms with Crippen LogP contribution in [0.1, 0.15) is 62.5 Å². The first-order valence-corrected chi connectivity index (χ1v) is 21.1. The number of H-pyrrole nitrogens is 1. The summed E-state index contributed by atoms with van der Waals surface area (Å²) in [5.41, 5.74) is 3.14. The molecule has 1 fully saturated rings. The van der Waals surface area contributed by atoms with Crippen LogP contribution in [0.3, 0.4) is 0 Å². The Morgan fingerprint density at radius 3 is 2.13 bits per heavy atom. The molecule has 6 amide bonds. The van der Waals surface area contributed by atoms with E-state index in [4.69, 9.17) is 4.74 Å². The number of carbonyl (C=O) groups is 6. The van der Waals surface area contributed by atoms with Gasteiger partial charge in [-0.3, -0.25) is 33.3 Å². The van der Waals surface area contributed by atoms with Gasteiger partial charge in [0.15, 0.2) is 0 Å². The van der Waals surface area contributed by atoms with Crippen LogP contribution in [-0.2, 0) is 36.8 Å². The van der Waals surface area contributed by atoms with Crippen LogP contribution in [0.4, 0.5) is 0 Å². The standard InChI is InChI=1S/C46H56N10O7/c1-27(2)18-37-44(60)53-38(19-30-14-16-34(63-6)17-15-30)43(59)50-29(5)42(58)54-40(28(3)4)23-55(46(62)31-10-9-11-33(20-31)56-25-48-49-26-56)24-41(57)51-39(45(61)52-37)21-32-22-47-36-13-8-7-12-35(32)36/h7-17,20,22,25-29,37-40,47H,18-19,21,23-24H2,1-6H3,(H,50,59)(H,51,57)(H,52,61)(H,53,60)(H,54,58)/t29-,37+,38+,39-,40-/m1/s1. The van der Waals surface area contributed by atoms with Crippen molar-refractivity contribution in [3.63, 3.8) is 0 Å². The molecule has 1 aliphatic rings. The lowest BCUT2D eigenvalue weighted by Gasteiger charge is -2.32. The Labute approximate surface area is 366 Å². The zero-order chi connectivity index (χ0) is 45.2. The fourth-order valence-corrected chi connectivity index (χ4v) is 7.48. The average Bonchev–Trinajstić information content (AvgIpc) is 3.96. The lowest BCUT2D eigenvalue weighted by Crippen LogP contribution is -2.60. The number of benzene rings is 3. The average molecular weight is 861 g/mol. The van der Waals surface area contributed by atoms with E-state index >= 15 is 0 Å². The molecule has 332 valence electrons. The van der Waals surface area contributed by atoms with E-state index in [1.54, 1.807) is 66.4 Å². The van der Waals surface area contributed by atoms with Gasteiger partial charge in [-0.2, -0.15) is 0 Å². The second-order valence-corrected chi connectivity index (χ2v) is 16.7. The van der Waals surface area contributed by atoms with E-state index in [-0.39, 0.29) is 43.2 Å². The highest BCUT2D eigenvalue weighted by Gasteiger charge is 2.34. The van der Waals surface area contributed by atoms with Gasteiger partial charge in [-0.25, -0.2) is 0 Å².